The van der Waals surface area contributed by atoms with Crippen LogP contribution in [0.2, 0.25) is 0 Å². The summed E-state index contributed by atoms with van der Waals surface area (Å²) >= 11 is 1.36. The van der Waals surface area contributed by atoms with E-state index in [4.69, 9.17) is 10.00 Å². The minimum atomic E-state index is -0.252. The molecule has 0 radical (unpaired) electrons. The van der Waals surface area contributed by atoms with E-state index in [1.54, 1.807) is 11.4 Å². The molecule has 0 aliphatic carbocycles. The third kappa shape index (κ3) is 4.57. The van der Waals surface area contributed by atoms with E-state index < -0.39 is 0 Å². The summed E-state index contributed by atoms with van der Waals surface area (Å²) < 4.78 is 5.46. The number of carbonyl (C=O) groups excluding carboxylic acids is 2. The summed E-state index contributed by atoms with van der Waals surface area (Å²) in [6.45, 7) is 4.25. The van der Waals surface area contributed by atoms with Crippen LogP contribution in [0.15, 0.2) is 11.4 Å². The van der Waals surface area contributed by atoms with E-state index >= 15 is 0 Å². The first kappa shape index (κ1) is 17.9. The molecule has 1 N–H and O–H groups in total. The van der Waals surface area contributed by atoms with E-state index in [0.717, 1.165) is 25.9 Å². The smallest absolute Gasteiger partial charge is 0.251 e. The fourth-order valence-corrected chi connectivity index (χ4v) is 3.86. The Kier molecular flexibility index (Phi) is 6.02. The van der Waals surface area contributed by atoms with Gasteiger partial charge in [0.05, 0.1) is 5.56 Å². The maximum Gasteiger partial charge on any atom is 0.251 e. The number of hydrogen-bond donors (Lipinski definition) is 1. The number of carbonyl (C=O) groups is 2. The Balaban J connectivity index is 1.38. The number of thiophene rings is 1. The predicted octanol–water partition coefficient (Wildman–Crippen LogP) is 1.27. The molecule has 2 fully saturated rings. The summed E-state index contributed by atoms with van der Waals surface area (Å²) in [5, 5.41) is 14.2. The molecule has 1 aromatic rings. The van der Waals surface area contributed by atoms with Crippen LogP contribution in [0.4, 0.5) is 5.00 Å². The minimum absolute atomic E-state index is 0.0863. The van der Waals surface area contributed by atoms with Gasteiger partial charge in [0.2, 0.25) is 5.91 Å². The third-order valence-corrected chi connectivity index (χ3v) is 5.41. The van der Waals surface area contributed by atoms with Gasteiger partial charge in [0.25, 0.3) is 5.91 Å². The summed E-state index contributed by atoms with van der Waals surface area (Å²) in [6, 6.07) is 3.76. The molecule has 2 saturated heterocycles. The SMILES string of the molecule is N#Cc1ccsc1NC(=O)CCN1CCN(C(=O)[C@H]2CCCO2)CC1. The Morgan fingerprint density at radius 1 is 1.36 bits per heavy atom. The van der Waals surface area contributed by atoms with Crippen molar-refractivity contribution in [3.8, 4) is 6.07 Å². The molecule has 0 saturated carbocycles. The molecule has 1 atom stereocenters. The van der Waals surface area contributed by atoms with E-state index in [-0.39, 0.29) is 17.9 Å². The number of amides is 2. The van der Waals surface area contributed by atoms with Gasteiger partial charge in [0.15, 0.2) is 0 Å². The zero-order valence-corrected chi connectivity index (χ0v) is 14.9. The van der Waals surface area contributed by atoms with Crippen LogP contribution in [-0.2, 0) is 14.3 Å². The van der Waals surface area contributed by atoms with Gasteiger partial charge < -0.3 is 15.0 Å². The molecule has 2 aliphatic rings. The Hall–Kier alpha value is -1.95. The quantitative estimate of drug-likeness (QED) is 0.853. The van der Waals surface area contributed by atoms with Gasteiger partial charge in [-0.25, -0.2) is 0 Å². The molecule has 1 aromatic heterocycles. The maximum absolute atomic E-state index is 12.3. The first-order valence-electron chi connectivity index (χ1n) is 8.57. The number of ether oxygens (including phenoxy) is 1. The molecule has 0 bridgehead atoms. The van der Waals surface area contributed by atoms with E-state index in [2.05, 4.69) is 16.3 Å². The van der Waals surface area contributed by atoms with E-state index in [9.17, 15) is 9.59 Å². The minimum Gasteiger partial charge on any atom is -0.368 e. The second-order valence-electron chi connectivity index (χ2n) is 6.24. The lowest BCUT2D eigenvalue weighted by Gasteiger charge is -2.35. The van der Waals surface area contributed by atoms with Crippen LogP contribution in [0, 0.1) is 11.3 Å². The Labute approximate surface area is 151 Å². The molecule has 0 spiro atoms. The zero-order valence-electron chi connectivity index (χ0n) is 14.1. The molecule has 7 nitrogen and oxygen atoms in total. The van der Waals surface area contributed by atoms with Crippen LogP contribution in [0.5, 0.6) is 0 Å². The van der Waals surface area contributed by atoms with Crippen molar-refractivity contribution in [1.82, 2.24) is 9.80 Å². The van der Waals surface area contributed by atoms with Gasteiger partial charge in [-0.05, 0) is 24.3 Å². The van der Waals surface area contributed by atoms with Crippen LogP contribution in [-0.4, -0.2) is 67.0 Å². The lowest BCUT2D eigenvalue weighted by atomic mass is 10.2. The number of hydrogen-bond acceptors (Lipinski definition) is 6. The molecule has 8 heteroatoms. The van der Waals surface area contributed by atoms with Crippen molar-refractivity contribution in [3.63, 3.8) is 0 Å². The molecule has 3 heterocycles. The van der Waals surface area contributed by atoms with Crippen molar-refractivity contribution in [2.24, 2.45) is 0 Å². The van der Waals surface area contributed by atoms with Crippen molar-refractivity contribution in [2.45, 2.75) is 25.4 Å². The van der Waals surface area contributed by atoms with E-state index in [0.29, 0.717) is 43.2 Å². The second-order valence-corrected chi connectivity index (χ2v) is 7.16. The summed E-state index contributed by atoms with van der Waals surface area (Å²) in [5.74, 6) is 0.0217. The van der Waals surface area contributed by atoms with E-state index in [1.165, 1.54) is 11.3 Å². The molecule has 134 valence electrons. The number of anilines is 1. The van der Waals surface area contributed by atoms with Gasteiger partial charge in [-0.2, -0.15) is 5.26 Å². The monoisotopic (exact) mass is 362 g/mol. The van der Waals surface area contributed by atoms with Gasteiger partial charge in [0.1, 0.15) is 17.2 Å². The molecular weight excluding hydrogens is 340 g/mol. The summed E-state index contributed by atoms with van der Waals surface area (Å²) in [5.41, 5.74) is 0.500. The molecule has 0 aromatic carbocycles. The average Bonchev–Trinajstić information content (AvgIpc) is 3.31. The van der Waals surface area contributed by atoms with Crippen LogP contribution in [0.25, 0.3) is 0 Å². The Morgan fingerprint density at radius 3 is 2.84 bits per heavy atom. The summed E-state index contributed by atoms with van der Waals surface area (Å²) in [7, 11) is 0. The fourth-order valence-electron chi connectivity index (χ4n) is 3.11. The predicted molar refractivity (Wildman–Crippen MR) is 94.3 cm³/mol. The van der Waals surface area contributed by atoms with Crippen molar-refractivity contribution < 1.29 is 14.3 Å². The van der Waals surface area contributed by atoms with Crippen molar-refractivity contribution >= 4 is 28.2 Å². The van der Waals surface area contributed by atoms with Crippen molar-refractivity contribution in [2.75, 3.05) is 44.6 Å². The molecule has 0 unspecified atom stereocenters. The summed E-state index contributed by atoms with van der Waals surface area (Å²) in [6.07, 6.45) is 1.91. The second kappa shape index (κ2) is 8.43. The lowest BCUT2D eigenvalue weighted by Crippen LogP contribution is -2.51. The highest BCUT2D eigenvalue weighted by molar-refractivity contribution is 7.14. The number of nitriles is 1. The fraction of sp³-hybridized carbons (Fsp3) is 0.588. The van der Waals surface area contributed by atoms with Gasteiger partial charge >= 0.3 is 0 Å². The van der Waals surface area contributed by atoms with Crippen LogP contribution in [0.3, 0.4) is 0 Å². The molecule has 3 rings (SSSR count). The third-order valence-electron chi connectivity index (χ3n) is 4.58. The highest BCUT2D eigenvalue weighted by atomic mass is 32.1. The van der Waals surface area contributed by atoms with Gasteiger partial charge in [-0.1, -0.05) is 0 Å². The van der Waals surface area contributed by atoms with Gasteiger partial charge in [-0.3, -0.25) is 14.5 Å². The topological polar surface area (TPSA) is 85.7 Å². The Morgan fingerprint density at radius 2 is 2.16 bits per heavy atom. The molecule has 2 aliphatic heterocycles. The molecule has 25 heavy (non-hydrogen) atoms. The van der Waals surface area contributed by atoms with E-state index in [1.807, 2.05) is 4.90 Å². The van der Waals surface area contributed by atoms with Crippen LogP contribution in [0.1, 0.15) is 24.8 Å². The number of nitrogens with one attached hydrogen (secondary N) is 1. The molecular formula is C17H22N4O3S. The number of rotatable bonds is 5. The largest absolute Gasteiger partial charge is 0.368 e. The highest BCUT2D eigenvalue weighted by Crippen LogP contribution is 2.22. The zero-order chi connectivity index (χ0) is 17.6. The number of nitrogens with zero attached hydrogens (tertiary/aromatic N) is 3. The first-order chi connectivity index (χ1) is 12.2. The van der Waals surface area contributed by atoms with Crippen molar-refractivity contribution in [3.05, 3.63) is 17.0 Å². The van der Waals surface area contributed by atoms with Crippen LogP contribution < -0.4 is 5.32 Å². The first-order valence-corrected chi connectivity index (χ1v) is 9.45. The standard InChI is InChI=1S/C17H22N4O3S/c18-12-13-4-11-25-16(13)19-15(22)3-5-20-6-8-21(9-7-20)17(23)14-2-1-10-24-14/h4,11,14H,1-3,5-10H2,(H,19,22)/t14-/m1/s1. The average molecular weight is 362 g/mol. The maximum atomic E-state index is 12.3. The normalized spacial score (nSPS) is 21.1. The van der Waals surface area contributed by atoms with Gasteiger partial charge in [0, 0.05) is 45.8 Å². The number of piperazine rings is 1. The Bertz CT molecular complexity index is 655. The summed E-state index contributed by atoms with van der Waals surface area (Å²) in [4.78, 5) is 28.4. The molecule has 2 amide bonds. The highest BCUT2D eigenvalue weighted by Gasteiger charge is 2.30. The van der Waals surface area contributed by atoms with Gasteiger partial charge in [-0.15, -0.1) is 11.3 Å². The van der Waals surface area contributed by atoms with Crippen molar-refractivity contribution in [1.29, 1.82) is 5.26 Å². The lowest BCUT2D eigenvalue weighted by molar-refractivity contribution is -0.142. The van der Waals surface area contributed by atoms with Crippen LogP contribution >= 0.6 is 11.3 Å².